The van der Waals surface area contributed by atoms with Crippen LogP contribution in [0.4, 0.5) is 5.69 Å². The lowest BCUT2D eigenvalue weighted by atomic mass is 10.1. The van der Waals surface area contributed by atoms with Crippen molar-refractivity contribution in [3.63, 3.8) is 0 Å². The molecule has 0 saturated carbocycles. The van der Waals surface area contributed by atoms with E-state index in [0.29, 0.717) is 22.8 Å². The zero-order valence-corrected chi connectivity index (χ0v) is 21.7. The van der Waals surface area contributed by atoms with Gasteiger partial charge in [0.25, 0.3) is 15.9 Å². The van der Waals surface area contributed by atoms with Crippen LogP contribution in [0, 0.1) is 6.92 Å². The van der Waals surface area contributed by atoms with Crippen LogP contribution in [0.3, 0.4) is 0 Å². The van der Waals surface area contributed by atoms with Gasteiger partial charge < -0.3 is 4.90 Å². The van der Waals surface area contributed by atoms with Crippen molar-refractivity contribution in [1.82, 2.24) is 4.90 Å². The smallest absolute Gasteiger partial charge is 0.264 e. The molecule has 5 nitrogen and oxygen atoms in total. The average molecular weight is 519 g/mol. The number of nitrogens with zero attached hydrogens (tertiary/aromatic N) is 2. The zero-order chi connectivity index (χ0) is 25.7. The van der Waals surface area contributed by atoms with Crippen molar-refractivity contribution in [3.05, 3.63) is 130 Å². The molecule has 4 rings (SSSR count). The van der Waals surface area contributed by atoms with Gasteiger partial charge in [0.15, 0.2) is 0 Å². The third kappa shape index (κ3) is 5.78. The number of halogens is 1. The van der Waals surface area contributed by atoms with E-state index in [2.05, 4.69) is 0 Å². The van der Waals surface area contributed by atoms with Crippen LogP contribution in [-0.2, 0) is 23.1 Å². The summed E-state index contributed by atoms with van der Waals surface area (Å²) >= 11 is 5.99. The number of para-hydroxylation sites is 1. The standard InChI is InChI=1S/C29H27ClN2O3S/c1-22-12-18-26(19-13-22)36(34,35)32(21-23-8-4-3-5-9-23)28-11-7-6-10-27(28)29(33)31(2)20-24-14-16-25(30)17-15-24/h3-19H,20-21H2,1-2H3. The van der Waals surface area contributed by atoms with Crippen LogP contribution in [0.2, 0.25) is 5.02 Å². The number of benzene rings is 4. The first-order valence-electron chi connectivity index (χ1n) is 11.5. The van der Waals surface area contributed by atoms with E-state index in [1.165, 1.54) is 4.31 Å². The SMILES string of the molecule is Cc1ccc(S(=O)(=O)N(Cc2ccccc2)c2ccccc2C(=O)N(C)Cc2ccc(Cl)cc2)cc1. The highest BCUT2D eigenvalue weighted by molar-refractivity contribution is 7.92. The molecule has 0 saturated heterocycles. The average Bonchev–Trinajstić information content (AvgIpc) is 2.89. The summed E-state index contributed by atoms with van der Waals surface area (Å²) in [6.45, 7) is 2.35. The van der Waals surface area contributed by atoms with Gasteiger partial charge in [-0.3, -0.25) is 9.10 Å². The van der Waals surface area contributed by atoms with Crippen LogP contribution >= 0.6 is 11.6 Å². The van der Waals surface area contributed by atoms with Crippen LogP contribution in [0.5, 0.6) is 0 Å². The lowest BCUT2D eigenvalue weighted by Crippen LogP contribution is -2.34. The van der Waals surface area contributed by atoms with Gasteiger partial charge in [-0.05, 0) is 54.4 Å². The highest BCUT2D eigenvalue weighted by Gasteiger charge is 2.29. The summed E-state index contributed by atoms with van der Waals surface area (Å²) in [5.41, 5.74) is 3.32. The molecule has 1 amide bonds. The molecule has 184 valence electrons. The number of aryl methyl sites for hydroxylation is 1. The lowest BCUT2D eigenvalue weighted by molar-refractivity contribution is 0.0786. The maximum absolute atomic E-state index is 13.9. The number of carbonyl (C=O) groups is 1. The number of rotatable bonds is 8. The summed E-state index contributed by atoms with van der Waals surface area (Å²) < 4.78 is 29.1. The second-order valence-corrected chi connectivity index (χ2v) is 10.9. The monoisotopic (exact) mass is 518 g/mol. The fourth-order valence-electron chi connectivity index (χ4n) is 3.90. The van der Waals surface area contributed by atoms with Crippen LogP contribution in [0.15, 0.2) is 108 Å². The molecule has 0 aliphatic heterocycles. The Morgan fingerprint density at radius 1 is 0.750 bits per heavy atom. The van der Waals surface area contributed by atoms with E-state index in [9.17, 15) is 13.2 Å². The molecule has 0 spiro atoms. The van der Waals surface area contributed by atoms with Crippen molar-refractivity contribution in [2.24, 2.45) is 0 Å². The number of amides is 1. The van der Waals surface area contributed by atoms with Gasteiger partial charge in [-0.2, -0.15) is 0 Å². The molecule has 0 N–H and O–H groups in total. The van der Waals surface area contributed by atoms with Crippen molar-refractivity contribution in [1.29, 1.82) is 0 Å². The third-order valence-corrected chi connectivity index (χ3v) is 7.89. The predicted molar refractivity (Wildman–Crippen MR) is 145 cm³/mol. The summed E-state index contributed by atoms with van der Waals surface area (Å²) in [6, 6.07) is 30.2. The summed E-state index contributed by atoms with van der Waals surface area (Å²) in [5.74, 6) is -0.280. The Labute approximate surface area is 217 Å². The molecular formula is C29H27ClN2O3S. The Bertz CT molecular complexity index is 1440. The van der Waals surface area contributed by atoms with Gasteiger partial charge in [-0.15, -0.1) is 0 Å². The van der Waals surface area contributed by atoms with Crippen molar-refractivity contribution >= 4 is 33.2 Å². The minimum absolute atomic E-state index is 0.0856. The molecule has 0 unspecified atom stereocenters. The summed E-state index contributed by atoms with van der Waals surface area (Å²) in [7, 11) is -2.27. The number of sulfonamides is 1. The Morgan fingerprint density at radius 2 is 1.33 bits per heavy atom. The second kappa shape index (κ2) is 11.0. The maximum Gasteiger partial charge on any atom is 0.264 e. The van der Waals surface area contributed by atoms with E-state index >= 15 is 0 Å². The molecule has 0 bridgehead atoms. The van der Waals surface area contributed by atoms with E-state index in [4.69, 9.17) is 11.6 Å². The molecular weight excluding hydrogens is 492 g/mol. The summed E-state index contributed by atoms with van der Waals surface area (Å²) in [6.07, 6.45) is 0. The van der Waals surface area contributed by atoms with Gasteiger partial charge in [0, 0.05) is 18.6 Å². The van der Waals surface area contributed by atoms with Crippen molar-refractivity contribution in [3.8, 4) is 0 Å². The van der Waals surface area contributed by atoms with E-state index in [1.807, 2.05) is 49.4 Å². The summed E-state index contributed by atoms with van der Waals surface area (Å²) in [4.78, 5) is 15.3. The number of anilines is 1. The summed E-state index contributed by atoms with van der Waals surface area (Å²) in [5, 5.41) is 0.621. The van der Waals surface area contributed by atoms with Crippen LogP contribution in [0.1, 0.15) is 27.0 Å². The van der Waals surface area contributed by atoms with E-state index in [0.717, 1.165) is 16.7 Å². The first-order valence-corrected chi connectivity index (χ1v) is 13.3. The van der Waals surface area contributed by atoms with Crippen molar-refractivity contribution in [2.75, 3.05) is 11.4 Å². The molecule has 4 aromatic rings. The minimum atomic E-state index is -3.97. The molecule has 0 atom stereocenters. The first-order chi connectivity index (χ1) is 17.3. The second-order valence-electron chi connectivity index (χ2n) is 8.62. The number of hydrogen-bond acceptors (Lipinski definition) is 3. The van der Waals surface area contributed by atoms with Gasteiger partial charge in [0.05, 0.1) is 22.7 Å². The van der Waals surface area contributed by atoms with Crippen LogP contribution in [-0.4, -0.2) is 26.3 Å². The molecule has 0 aliphatic rings. The highest BCUT2D eigenvalue weighted by atomic mass is 35.5. The quantitative estimate of drug-likeness (QED) is 0.274. The number of hydrogen-bond donors (Lipinski definition) is 0. The molecule has 7 heteroatoms. The van der Waals surface area contributed by atoms with E-state index in [-0.39, 0.29) is 17.3 Å². The highest BCUT2D eigenvalue weighted by Crippen LogP contribution is 2.30. The predicted octanol–water partition coefficient (Wildman–Crippen LogP) is 6.32. The molecule has 0 radical (unpaired) electrons. The fourth-order valence-corrected chi connectivity index (χ4v) is 5.50. The minimum Gasteiger partial charge on any atom is -0.337 e. The number of carbonyl (C=O) groups excluding carboxylic acids is 1. The molecule has 0 aromatic heterocycles. The molecule has 4 aromatic carbocycles. The van der Waals surface area contributed by atoms with Gasteiger partial charge >= 0.3 is 0 Å². The normalized spacial score (nSPS) is 11.2. The molecule has 0 fully saturated rings. The van der Waals surface area contributed by atoms with Gasteiger partial charge in [-0.25, -0.2) is 8.42 Å². The third-order valence-electron chi connectivity index (χ3n) is 5.86. The Hall–Kier alpha value is -3.61. The Balaban J connectivity index is 1.75. The van der Waals surface area contributed by atoms with Gasteiger partial charge in [0.2, 0.25) is 0 Å². The van der Waals surface area contributed by atoms with Gasteiger partial charge in [-0.1, -0.05) is 83.9 Å². The van der Waals surface area contributed by atoms with Crippen molar-refractivity contribution < 1.29 is 13.2 Å². The molecule has 36 heavy (non-hydrogen) atoms. The molecule has 0 aliphatic carbocycles. The van der Waals surface area contributed by atoms with Crippen LogP contribution < -0.4 is 4.31 Å². The molecule has 0 heterocycles. The van der Waals surface area contributed by atoms with Crippen LogP contribution in [0.25, 0.3) is 0 Å². The van der Waals surface area contributed by atoms with E-state index < -0.39 is 10.0 Å². The topological polar surface area (TPSA) is 57.7 Å². The largest absolute Gasteiger partial charge is 0.337 e. The maximum atomic E-state index is 13.9. The Morgan fingerprint density at radius 3 is 2.00 bits per heavy atom. The lowest BCUT2D eigenvalue weighted by Gasteiger charge is -2.28. The van der Waals surface area contributed by atoms with Gasteiger partial charge in [0.1, 0.15) is 0 Å². The Kier molecular flexibility index (Phi) is 7.77. The van der Waals surface area contributed by atoms with Crippen molar-refractivity contribution in [2.45, 2.75) is 24.9 Å². The first kappa shape index (κ1) is 25.5. The fraction of sp³-hybridized carbons (Fsp3) is 0.138. The zero-order valence-electron chi connectivity index (χ0n) is 20.1. The van der Waals surface area contributed by atoms with E-state index in [1.54, 1.807) is 72.6 Å².